The van der Waals surface area contributed by atoms with Crippen molar-refractivity contribution in [2.24, 2.45) is 0 Å². The third-order valence-electron chi connectivity index (χ3n) is 2.92. The minimum Gasteiger partial charge on any atom is -0.398 e. The second kappa shape index (κ2) is 5.87. The first-order valence-corrected chi connectivity index (χ1v) is 6.58. The lowest BCUT2D eigenvalue weighted by Crippen LogP contribution is -2.15. The molecule has 0 unspecified atom stereocenters. The number of halogens is 4. The molecule has 0 aliphatic carbocycles. The minimum atomic E-state index is -0.862. The van der Waals surface area contributed by atoms with Crippen LogP contribution in [-0.2, 0) is 0 Å². The maximum absolute atomic E-state index is 13.9. The number of benzene rings is 2. The lowest BCUT2D eigenvalue weighted by atomic mass is 10.1. The highest BCUT2D eigenvalue weighted by molar-refractivity contribution is 6.41. The zero-order chi connectivity index (χ0) is 15.7. The van der Waals surface area contributed by atoms with Crippen LogP contribution in [-0.4, -0.2) is 5.91 Å². The van der Waals surface area contributed by atoms with Crippen molar-refractivity contribution in [3.05, 3.63) is 57.1 Å². The molecule has 0 saturated carbocycles. The van der Waals surface area contributed by atoms with Gasteiger partial charge in [-0.25, -0.2) is 8.78 Å². The maximum Gasteiger partial charge on any atom is 0.258 e. The Morgan fingerprint density at radius 3 is 2.52 bits per heavy atom. The Bertz CT molecular complexity index is 735. The highest BCUT2D eigenvalue weighted by atomic mass is 35.5. The number of nitrogens with one attached hydrogen (secondary N) is 1. The number of carbonyl (C=O) groups is 1. The van der Waals surface area contributed by atoms with Crippen LogP contribution in [0.2, 0.25) is 10.0 Å². The van der Waals surface area contributed by atoms with Crippen LogP contribution in [0.1, 0.15) is 15.9 Å². The van der Waals surface area contributed by atoms with Gasteiger partial charge in [-0.05, 0) is 31.2 Å². The maximum atomic E-state index is 13.9. The highest BCUT2D eigenvalue weighted by Gasteiger charge is 2.19. The van der Waals surface area contributed by atoms with E-state index in [-0.39, 0.29) is 32.5 Å². The van der Waals surface area contributed by atoms with E-state index in [1.54, 1.807) is 0 Å². The molecule has 7 heteroatoms. The summed E-state index contributed by atoms with van der Waals surface area (Å²) in [5, 5.41) is 2.34. The molecular weight excluding hydrogens is 321 g/mol. The van der Waals surface area contributed by atoms with Gasteiger partial charge < -0.3 is 11.1 Å². The fraction of sp³-hybridized carbons (Fsp3) is 0.0714. The third kappa shape index (κ3) is 2.94. The fourth-order valence-corrected chi connectivity index (χ4v) is 2.26. The molecule has 2 rings (SSSR count). The van der Waals surface area contributed by atoms with Crippen LogP contribution in [0.3, 0.4) is 0 Å². The number of anilines is 2. The molecule has 3 nitrogen and oxygen atoms in total. The van der Waals surface area contributed by atoms with E-state index in [2.05, 4.69) is 5.32 Å². The van der Waals surface area contributed by atoms with Gasteiger partial charge in [0.05, 0.1) is 27.0 Å². The Morgan fingerprint density at radius 2 is 1.86 bits per heavy atom. The van der Waals surface area contributed by atoms with Gasteiger partial charge in [0.25, 0.3) is 5.91 Å². The van der Waals surface area contributed by atoms with Crippen molar-refractivity contribution in [1.82, 2.24) is 0 Å². The van der Waals surface area contributed by atoms with E-state index >= 15 is 0 Å². The molecule has 0 atom stereocenters. The van der Waals surface area contributed by atoms with E-state index in [1.807, 2.05) is 0 Å². The monoisotopic (exact) mass is 330 g/mol. The van der Waals surface area contributed by atoms with Crippen molar-refractivity contribution in [2.75, 3.05) is 11.1 Å². The Labute approximate surface area is 129 Å². The summed E-state index contributed by atoms with van der Waals surface area (Å²) in [5.74, 6) is -2.30. The lowest BCUT2D eigenvalue weighted by Gasteiger charge is -2.11. The largest absolute Gasteiger partial charge is 0.398 e. The van der Waals surface area contributed by atoms with Gasteiger partial charge in [-0.3, -0.25) is 4.79 Å². The summed E-state index contributed by atoms with van der Waals surface area (Å²) in [6.45, 7) is 1.26. The molecule has 2 aromatic carbocycles. The van der Waals surface area contributed by atoms with E-state index in [1.165, 1.54) is 19.1 Å². The van der Waals surface area contributed by atoms with Gasteiger partial charge >= 0.3 is 0 Å². The molecule has 110 valence electrons. The normalized spacial score (nSPS) is 10.5. The van der Waals surface area contributed by atoms with Gasteiger partial charge in [0.1, 0.15) is 5.82 Å². The first-order valence-electron chi connectivity index (χ1n) is 5.82. The van der Waals surface area contributed by atoms with Crippen LogP contribution in [0.15, 0.2) is 24.3 Å². The molecule has 0 aromatic heterocycles. The molecular formula is C14H10Cl2F2N2O. The zero-order valence-electron chi connectivity index (χ0n) is 10.8. The molecule has 0 spiro atoms. The molecule has 1 amide bonds. The number of nitrogen functional groups attached to an aromatic ring is 1. The van der Waals surface area contributed by atoms with Gasteiger partial charge in [-0.1, -0.05) is 23.2 Å². The first-order chi connectivity index (χ1) is 9.82. The summed E-state index contributed by atoms with van der Waals surface area (Å²) in [6.07, 6.45) is 0. The summed E-state index contributed by atoms with van der Waals surface area (Å²) in [6, 6.07) is 5.02. The summed E-state index contributed by atoms with van der Waals surface area (Å²) in [7, 11) is 0. The van der Waals surface area contributed by atoms with Gasteiger partial charge in [0, 0.05) is 5.56 Å². The highest BCUT2D eigenvalue weighted by Crippen LogP contribution is 2.31. The average Bonchev–Trinajstić information content (AvgIpc) is 2.44. The van der Waals surface area contributed by atoms with E-state index in [0.29, 0.717) is 0 Å². The quantitative estimate of drug-likeness (QED) is 0.801. The molecule has 0 radical (unpaired) electrons. The van der Waals surface area contributed by atoms with E-state index in [9.17, 15) is 13.6 Å². The summed E-state index contributed by atoms with van der Waals surface area (Å²) >= 11 is 11.8. The lowest BCUT2D eigenvalue weighted by molar-refractivity contribution is 0.102. The number of hydrogen-bond acceptors (Lipinski definition) is 2. The van der Waals surface area contributed by atoms with Gasteiger partial charge in [0.2, 0.25) is 0 Å². The number of rotatable bonds is 2. The fourth-order valence-electron chi connectivity index (χ4n) is 1.72. The molecule has 3 N–H and O–H groups in total. The zero-order valence-corrected chi connectivity index (χ0v) is 12.3. The van der Waals surface area contributed by atoms with Crippen molar-refractivity contribution in [1.29, 1.82) is 0 Å². The molecule has 0 heterocycles. The van der Waals surface area contributed by atoms with Crippen molar-refractivity contribution in [2.45, 2.75) is 6.92 Å². The van der Waals surface area contributed by atoms with Crippen LogP contribution in [0.5, 0.6) is 0 Å². The predicted octanol–water partition coefficient (Wildman–Crippen LogP) is 4.41. The standard InChI is InChI=1S/C14H10Cl2F2N2O/c1-6-8(17)3-5-10(13(6)18)20-14(21)11-7(15)2-4-9(19)12(11)16/h2-5H,19H2,1H3,(H,20,21). The predicted molar refractivity (Wildman–Crippen MR) is 79.9 cm³/mol. The van der Waals surface area contributed by atoms with E-state index < -0.39 is 17.5 Å². The van der Waals surface area contributed by atoms with Gasteiger partial charge in [-0.2, -0.15) is 0 Å². The van der Waals surface area contributed by atoms with Gasteiger partial charge in [0.15, 0.2) is 5.82 Å². The van der Waals surface area contributed by atoms with Crippen LogP contribution >= 0.6 is 23.2 Å². The van der Waals surface area contributed by atoms with E-state index in [4.69, 9.17) is 28.9 Å². The molecule has 0 saturated heterocycles. The molecule has 2 aromatic rings. The number of amides is 1. The minimum absolute atomic E-state index is 0.0285. The molecule has 0 fully saturated rings. The Kier molecular flexibility index (Phi) is 4.34. The summed E-state index contributed by atoms with van der Waals surface area (Å²) in [5.41, 5.74) is 5.33. The topological polar surface area (TPSA) is 55.1 Å². The number of hydrogen-bond donors (Lipinski definition) is 2. The summed E-state index contributed by atoms with van der Waals surface area (Å²) < 4.78 is 27.1. The average molecular weight is 331 g/mol. The Morgan fingerprint density at radius 1 is 1.19 bits per heavy atom. The molecule has 0 bridgehead atoms. The number of nitrogens with two attached hydrogens (primary N) is 1. The second-order valence-corrected chi connectivity index (χ2v) is 5.10. The molecule has 0 aliphatic heterocycles. The smallest absolute Gasteiger partial charge is 0.258 e. The molecule has 21 heavy (non-hydrogen) atoms. The summed E-state index contributed by atoms with van der Waals surface area (Å²) in [4.78, 5) is 12.2. The van der Waals surface area contributed by atoms with Crippen LogP contribution < -0.4 is 11.1 Å². The van der Waals surface area contributed by atoms with E-state index in [0.717, 1.165) is 12.1 Å². The Hall–Kier alpha value is -1.85. The van der Waals surface area contributed by atoms with Crippen molar-refractivity contribution >= 4 is 40.5 Å². The van der Waals surface area contributed by atoms with Crippen LogP contribution in [0.25, 0.3) is 0 Å². The van der Waals surface area contributed by atoms with Crippen LogP contribution in [0.4, 0.5) is 20.2 Å². The molecule has 0 aliphatic rings. The first kappa shape index (κ1) is 15.5. The van der Waals surface area contributed by atoms with Crippen molar-refractivity contribution in [3.8, 4) is 0 Å². The van der Waals surface area contributed by atoms with Crippen molar-refractivity contribution < 1.29 is 13.6 Å². The Balaban J connectivity index is 2.40. The van der Waals surface area contributed by atoms with Crippen molar-refractivity contribution in [3.63, 3.8) is 0 Å². The SMILES string of the molecule is Cc1c(F)ccc(NC(=O)c2c(Cl)ccc(N)c2Cl)c1F. The number of carbonyl (C=O) groups excluding carboxylic acids is 1. The second-order valence-electron chi connectivity index (χ2n) is 4.31. The third-order valence-corrected chi connectivity index (χ3v) is 3.64. The van der Waals surface area contributed by atoms with Gasteiger partial charge in [-0.15, -0.1) is 0 Å². The van der Waals surface area contributed by atoms with Crippen LogP contribution in [0, 0.1) is 18.6 Å².